The largest absolute Gasteiger partial charge is 0.504 e. The number of piperidine rings is 1. The molecule has 5 heteroatoms. The molecule has 170 valence electrons. The number of hydrogen-bond donors (Lipinski definition) is 2. The van der Waals surface area contributed by atoms with Crippen molar-refractivity contribution >= 4 is 10.9 Å². The Hall–Kier alpha value is -2.50. The smallest absolute Gasteiger partial charge is 0.166 e. The van der Waals surface area contributed by atoms with E-state index in [1.54, 1.807) is 6.07 Å². The Labute approximate surface area is 193 Å². The second-order valence-electron chi connectivity index (χ2n) is 11.1. The number of ether oxygens (including phenoxy) is 1. The first-order chi connectivity index (χ1) is 16.1. The molecule has 1 spiro atoms. The third-order valence-corrected chi connectivity index (χ3v) is 9.64. The second kappa shape index (κ2) is 5.94. The maximum absolute atomic E-state index is 12.9. The molecule has 8 rings (SSSR count). The molecule has 2 N–H and O–H groups in total. The normalized spacial score (nSPS) is 33.6. The van der Waals surface area contributed by atoms with Crippen LogP contribution in [-0.4, -0.2) is 44.4 Å². The summed E-state index contributed by atoms with van der Waals surface area (Å²) < 4.78 is 9.15. The lowest BCUT2D eigenvalue weighted by atomic mass is 9.49. The Morgan fingerprint density at radius 2 is 2.00 bits per heavy atom. The molecule has 0 unspecified atom stereocenters. The number of para-hydroxylation sites is 1. The fourth-order valence-corrected chi connectivity index (χ4v) is 8.14. The van der Waals surface area contributed by atoms with Crippen molar-refractivity contribution in [2.45, 2.75) is 68.7 Å². The van der Waals surface area contributed by atoms with E-state index in [2.05, 4.69) is 46.7 Å². The van der Waals surface area contributed by atoms with Crippen molar-refractivity contribution in [3.63, 3.8) is 0 Å². The molecule has 5 nitrogen and oxygen atoms in total. The van der Waals surface area contributed by atoms with Crippen molar-refractivity contribution in [2.75, 3.05) is 13.1 Å². The van der Waals surface area contributed by atoms with Crippen LogP contribution >= 0.6 is 0 Å². The Kier molecular flexibility index (Phi) is 3.40. The van der Waals surface area contributed by atoms with Gasteiger partial charge in [-0.15, -0.1) is 0 Å². The minimum absolute atomic E-state index is 0.0813. The van der Waals surface area contributed by atoms with Crippen LogP contribution < -0.4 is 4.74 Å². The number of aromatic hydroxyl groups is 1. The van der Waals surface area contributed by atoms with Crippen LogP contribution in [0.5, 0.6) is 11.5 Å². The summed E-state index contributed by atoms with van der Waals surface area (Å²) in [6.07, 6.45) is 4.71. The van der Waals surface area contributed by atoms with Crippen LogP contribution in [0.2, 0.25) is 0 Å². The molecule has 2 aliphatic heterocycles. The third-order valence-electron chi connectivity index (χ3n) is 9.64. The topological polar surface area (TPSA) is 57.9 Å². The van der Waals surface area contributed by atoms with Gasteiger partial charge in [-0.25, -0.2) is 0 Å². The predicted octanol–water partition coefficient (Wildman–Crippen LogP) is 4.07. The number of nitrogens with zero attached hydrogens (tertiary/aromatic N) is 2. The van der Waals surface area contributed by atoms with E-state index in [4.69, 9.17) is 4.74 Å². The molecule has 2 aromatic carbocycles. The summed E-state index contributed by atoms with van der Waals surface area (Å²) in [5.41, 5.74) is 4.60. The van der Waals surface area contributed by atoms with Crippen LogP contribution in [0.3, 0.4) is 0 Å². The van der Waals surface area contributed by atoms with Gasteiger partial charge in [0, 0.05) is 42.0 Å². The fourth-order valence-electron chi connectivity index (χ4n) is 8.14. The van der Waals surface area contributed by atoms with E-state index in [1.807, 2.05) is 0 Å². The van der Waals surface area contributed by atoms with Crippen LogP contribution in [0.4, 0.5) is 0 Å². The van der Waals surface area contributed by atoms with Gasteiger partial charge in [0.05, 0.1) is 16.7 Å². The van der Waals surface area contributed by atoms with Crippen LogP contribution in [0.25, 0.3) is 10.9 Å². The highest BCUT2D eigenvalue weighted by molar-refractivity contribution is 5.87. The minimum Gasteiger partial charge on any atom is -0.504 e. The van der Waals surface area contributed by atoms with Crippen LogP contribution in [0.1, 0.15) is 54.7 Å². The lowest BCUT2D eigenvalue weighted by Gasteiger charge is -2.63. The van der Waals surface area contributed by atoms with E-state index in [0.29, 0.717) is 12.2 Å². The number of phenols is 1. The quantitative estimate of drug-likeness (QED) is 0.642. The summed E-state index contributed by atoms with van der Waals surface area (Å²) in [5, 5.41) is 25.0. The molecule has 5 aliphatic rings. The first kappa shape index (κ1) is 18.9. The van der Waals surface area contributed by atoms with Crippen molar-refractivity contribution in [3.8, 4) is 11.5 Å². The molecule has 2 bridgehead atoms. The van der Waals surface area contributed by atoms with E-state index >= 15 is 0 Å². The molecular formula is C28H30N2O3. The standard InChI is InChI=1S/C28H30N2O3/c1-2-30-20-6-4-3-5-18(20)19-14-28(32)22-13-17-9-10-21(31)25-23(17)27(28,26(33-25)24(19)30)11-12-29(22)15-16-7-8-16/h3-6,9-10,16,22,26,31-32H,2,7-8,11-15H2,1H3/t22-,26-,27-,28+/m0/s1. The van der Waals surface area contributed by atoms with Gasteiger partial charge in [0.1, 0.15) is 0 Å². The minimum atomic E-state index is -0.910. The number of benzene rings is 2. The van der Waals surface area contributed by atoms with Gasteiger partial charge in [0.2, 0.25) is 0 Å². The number of aliphatic hydroxyl groups is 1. The molecule has 0 radical (unpaired) electrons. The van der Waals surface area contributed by atoms with Gasteiger partial charge >= 0.3 is 0 Å². The SMILES string of the molecule is CCn1c2c(c3ccccc31)C[C@@]1(O)[C@@H]3Cc4ccc(O)c5c4[C@@]1(CCN3CC1CC1)[C@H]2O5. The number of aromatic nitrogens is 1. The Bertz CT molecular complexity index is 1340. The zero-order valence-corrected chi connectivity index (χ0v) is 19.1. The summed E-state index contributed by atoms with van der Waals surface area (Å²) >= 11 is 0. The lowest BCUT2D eigenvalue weighted by Crippen LogP contribution is -2.74. The molecule has 4 atom stereocenters. The number of phenolic OH excluding ortho intramolecular Hbond substituents is 1. The first-order valence-electron chi connectivity index (χ1n) is 12.6. The maximum atomic E-state index is 12.9. The average molecular weight is 443 g/mol. The zero-order chi connectivity index (χ0) is 22.1. The fraction of sp³-hybridized carbons (Fsp3) is 0.500. The number of likely N-dealkylation sites (tertiary alicyclic amines) is 1. The van der Waals surface area contributed by atoms with Crippen molar-refractivity contribution in [1.82, 2.24) is 9.47 Å². The Morgan fingerprint density at radius 3 is 2.82 bits per heavy atom. The molecule has 2 fully saturated rings. The molecule has 3 heterocycles. The Balaban J connectivity index is 1.44. The summed E-state index contributed by atoms with van der Waals surface area (Å²) in [4.78, 5) is 2.60. The van der Waals surface area contributed by atoms with Gasteiger partial charge in [-0.05, 0) is 68.3 Å². The highest BCUT2D eigenvalue weighted by Crippen LogP contribution is 2.69. The summed E-state index contributed by atoms with van der Waals surface area (Å²) in [5.74, 6) is 1.61. The van der Waals surface area contributed by atoms with Gasteiger partial charge in [-0.2, -0.15) is 0 Å². The summed E-state index contributed by atoms with van der Waals surface area (Å²) in [6.45, 7) is 5.13. The number of fused-ring (bicyclic) bond motifs is 4. The maximum Gasteiger partial charge on any atom is 0.166 e. The molecule has 0 amide bonds. The molecule has 3 aliphatic carbocycles. The molecule has 1 saturated carbocycles. The van der Waals surface area contributed by atoms with Gasteiger partial charge in [-0.3, -0.25) is 4.90 Å². The van der Waals surface area contributed by atoms with Crippen molar-refractivity contribution in [3.05, 3.63) is 58.8 Å². The highest BCUT2D eigenvalue weighted by Gasteiger charge is 2.73. The Morgan fingerprint density at radius 1 is 1.15 bits per heavy atom. The van der Waals surface area contributed by atoms with E-state index < -0.39 is 11.0 Å². The second-order valence-corrected chi connectivity index (χ2v) is 11.1. The summed E-state index contributed by atoms with van der Waals surface area (Å²) in [6, 6.07) is 12.6. The van der Waals surface area contributed by atoms with Gasteiger partial charge in [-0.1, -0.05) is 24.3 Å². The van der Waals surface area contributed by atoms with E-state index in [-0.39, 0.29) is 17.9 Å². The lowest BCUT2D eigenvalue weighted by molar-refractivity contribution is -0.173. The van der Waals surface area contributed by atoms with Crippen molar-refractivity contribution in [2.24, 2.45) is 5.92 Å². The first-order valence-corrected chi connectivity index (χ1v) is 12.6. The monoisotopic (exact) mass is 442 g/mol. The van der Waals surface area contributed by atoms with Crippen LogP contribution in [-0.2, 0) is 24.8 Å². The molecular weight excluding hydrogens is 412 g/mol. The van der Waals surface area contributed by atoms with Crippen molar-refractivity contribution < 1.29 is 14.9 Å². The van der Waals surface area contributed by atoms with E-state index in [9.17, 15) is 10.2 Å². The predicted molar refractivity (Wildman–Crippen MR) is 126 cm³/mol. The van der Waals surface area contributed by atoms with Crippen LogP contribution in [0, 0.1) is 5.92 Å². The average Bonchev–Trinajstić information content (AvgIpc) is 3.48. The highest BCUT2D eigenvalue weighted by atomic mass is 16.5. The zero-order valence-electron chi connectivity index (χ0n) is 19.1. The molecule has 1 saturated heterocycles. The molecule has 1 aromatic heterocycles. The van der Waals surface area contributed by atoms with Gasteiger partial charge < -0.3 is 19.5 Å². The summed E-state index contributed by atoms with van der Waals surface area (Å²) in [7, 11) is 0. The van der Waals surface area contributed by atoms with Crippen LogP contribution in [0.15, 0.2) is 36.4 Å². The third kappa shape index (κ3) is 2.04. The number of aryl methyl sites for hydroxylation is 1. The van der Waals surface area contributed by atoms with Gasteiger partial charge in [0.25, 0.3) is 0 Å². The van der Waals surface area contributed by atoms with Gasteiger partial charge in [0.15, 0.2) is 17.6 Å². The van der Waals surface area contributed by atoms with Crippen molar-refractivity contribution in [1.29, 1.82) is 0 Å². The number of rotatable bonds is 3. The molecule has 3 aromatic rings. The van der Waals surface area contributed by atoms with E-state index in [0.717, 1.165) is 44.0 Å². The molecule has 33 heavy (non-hydrogen) atoms. The van der Waals surface area contributed by atoms with E-state index in [1.165, 1.54) is 40.6 Å². The number of hydrogen-bond acceptors (Lipinski definition) is 4.